The number of nitrogens with one attached hydrogen (secondary N) is 1. The van der Waals surface area contributed by atoms with Crippen molar-refractivity contribution >= 4 is 23.4 Å². The van der Waals surface area contributed by atoms with Crippen molar-refractivity contribution in [3.63, 3.8) is 0 Å². The Balaban J connectivity index is 2.10. The predicted octanol–water partition coefficient (Wildman–Crippen LogP) is 2.56. The molecule has 1 aromatic carbocycles. The first-order valence-electron chi connectivity index (χ1n) is 6.08. The van der Waals surface area contributed by atoms with Crippen LogP contribution < -0.4 is 11.1 Å². The number of carbonyl (C=O) groups is 1. The van der Waals surface area contributed by atoms with Gasteiger partial charge in [0.1, 0.15) is 11.4 Å². The molecule has 1 fully saturated rings. The number of benzene rings is 1. The Morgan fingerprint density at radius 3 is 2.89 bits per heavy atom. The molecule has 1 heterocycles. The molecule has 1 aliphatic rings. The smallest absolute Gasteiger partial charge is 0.257 e. The summed E-state index contributed by atoms with van der Waals surface area (Å²) in [5.41, 5.74) is 4.51. The summed E-state index contributed by atoms with van der Waals surface area (Å²) in [5, 5.41) is 2.59. The van der Waals surface area contributed by atoms with Crippen molar-refractivity contribution in [2.75, 3.05) is 18.0 Å². The molecule has 19 heavy (non-hydrogen) atoms. The van der Waals surface area contributed by atoms with E-state index in [9.17, 15) is 13.6 Å². The fourth-order valence-electron chi connectivity index (χ4n) is 2.11. The second-order valence-electron chi connectivity index (χ2n) is 4.91. The Bertz CT molecular complexity index is 502. The van der Waals surface area contributed by atoms with E-state index in [4.69, 9.17) is 5.73 Å². The molecule has 1 unspecified atom stereocenters. The van der Waals surface area contributed by atoms with E-state index in [1.807, 2.05) is 6.92 Å². The summed E-state index contributed by atoms with van der Waals surface area (Å²) in [6, 6.07) is 2.11. The fourth-order valence-corrected chi connectivity index (χ4v) is 3.35. The maximum absolute atomic E-state index is 13.7. The Morgan fingerprint density at radius 1 is 1.53 bits per heavy atom. The van der Waals surface area contributed by atoms with Crippen molar-refractivity contribution in [1.82, 2.24) is 5.32 Å². The maximum Gasteiger partial charge on any atom is 0.257 e. The first kappa shape index (κ1) is 14.1. The minimum atomic E-state index is -0.998. The van der Waals surface area contributed by atoms with Gasteiger partial charge >= 0.3 is 0 Å². The molecule has 1 saturated heterocycles. The third-order valence-corrected chi connectivity index (χ3v) is 4.81. The third-order valence-electron chi connectivity index (χ3n) is 3.27. The summed E-state index contributed by atoms with van der Waals surface area (Å²) >= 11 is 1.77. The number of thioether (sulfide) groups is 1. The standard InChI is InChI=1S/C13H16F2N2OS/c1-13(5-2-6-19-13)7-17-12(18)10-8(14)3-4-9(16)11(10)15/h3-4H,2,5-7,16H2,1H3,(H,17,18). The normalized spacial score (nSPS) is 22.5. The predicted molar refractivity (Wildman–Crippen MR) is 73.2 cm³/mol. The molecule has 1 atom stereocenters. The van der Waals surface area contributed by atoms with Crippen molar-refractivity contribution in [3.05, 3.63) is 29.3 Å². The second-order valence-corrected chi connectivity index (χ2v) is 6.59. The topological polar surface area (TPSA) is 55.1 Å². The van der Waals surface area contributed by atoms with Gasteiger partial charge in [0, 0.05) is 11.3 Å². The summed E-state index contributed by atoms with van der Waals surface area (Å²) in [4.78, 5) is 11.9. The number of halogens is 2. The molecule has 1 aliphatic heterocycles. The van der Waals surface area contributed by atoms with Crippen molar-refractivity contribution in [2.45, 2.75) is 24.5 Å². The van der Waals surface area contributed by atoms with Crippen LogP contribution in [0.3, 0.4) is 0 Å². The van der Waals surface area contributed by atoms with Gasteiger partial charge in [0.25, 0.3) is 5.91 Å². The zero-order valence-corrected chi connectivity index (χ0v) is 11.4. The van der Waals surface area contributed by atoms with Crippen LogP contribution in [0.4, 0.5) is 14.5 Å². The van der Waals surface area contributed by atoms with Crippen LogP contribution in [0.1, 0.15) is 30.1 Å². The lowest BCUT2D eigenvalue weighted by Gasteiger charge is -2.23. The average Bonchev–Trinajstić information content (AvgIpc) is 2.80. The highest BCUT2D eigenvalue weighted by Crippen LogP contribution is 2.37. The maximum atomic E-state index is 13.7. The van der Waals surface area contributed by atoms with Gasteiger partial charge in [-0.2, -0.15) is 11.8 Å². The Morgan fingerprint density at radius 2 is 2.26 bits per heavy atom. The van der Waals surface area contributed by atoms with Gasteiger partial charge in [-0.05, 0) is 37.7 Å². The number of amides is 1. The summed E-state index contributed by atoms with van der Waals surface area (Å²) in [6.07, 6.45) is 2.08. The lowest BCUT2D eigenvalue weighted by Crippen LogP contribution is -2.37. The Hall–Kier alpha value is -1.30. The molecule has 3 N–H and O–H groups in total. The highest BCUT2D eigenvalue weighted by Gasteiger charge is 2.30. The van der Waals surface area contributed by atoms with Gasteiger partial charge in [-0.15, -0.1) is 0 Å². The first-order valence-corrected chi connectivity index (χ1v) is 7.07. The van der Waals surface area contributed by atoms with Crippen molar-refractivity contribution in [1.29, 1.82) is 0 Å². The Labute approximate surface area is 114 Å². The summed E-state index contributed by atoms with van der Waals surface area (Å²) in [6.45, 7) is 2.43. The minimum absolute atomic E-state index is 0.0526. The molecule has 0 radical (unpaired) electrons. The molecule has 2 rings (SSSR count). The van der Waals surface area contributed by atoms with Gasteiger partial charge in [-0.1, -0.05) is 0 Å². The lowest BCUT2D eigenvalue weighted by molar-refractivity contribution is 0.0941. The van der Waals surface area contributed by atoms with Crippen LogP contribution in [-0.2, 0) is 0 Å². The molecule has 3 nitrogen and oxygen atoms in total. The molecule has 0 bridgehead atoms. The molecule has 0 spiro atoms. The number of nitrogens with two attached hydrogens (primary N) is 1. The molecule has 0 aromatic heterocycles. The van der Waals surface area contributed by atoms with E-state index < -0.39 is 23.1 Å². The van der Waals surface area contributed by atoms with Crippen LogP contribution in [0, 0.1) is 11.6 Å². The highest BCUT2D eigenvalue weighted by atomic mass is 32.2. The molecular weight excluding hydrogens is 270 g/mol. The summed E-state index contributed by atoms with van der Waals surface area (Å²) in [5.74, 6) is -1.60. The lowest BCUT2D eigenvalue weighted by atomic mass is 10.1. The second kappa shape index (κ2) is 5.36. The van der Waals surface area contributed by atoms with Crippen LogP contribution in [0.15, 0.2) is 12.1 Å². The average molecular weight is 286 g/mol. The van der Waals surface area contributed by atoms with E-state index in [1.54, 1.807) is 11.8 Å². The molecule has 1 amide bonds. The number of carbonyl (C=O) groups excluding carboxylic acids is 1. The van der Waals surface area contributed by atoms with E-state index in [1.165, 1.54) is 0 Å². The van der Waals surface area contributed by atoms with Gasteiger partial charge in [0.05, 0.1) is 5.69 Å². The number of rotatable bonds is 3. The largest absolute Gasteiger partial charge is 0.396 e. The van der Waals surface area contributed by atoms with E-state index in [0.717, 1.165) is 30.7 Å². The zero-order valence-electron chi connectivity index (χ0n) is 10.6. The van der Waals surface area contributed by atoms with Gasteiger partial charge in [-0.3, -0.25) is 4.79 Å². The fraction of sp³-hybridized carbons (Fsp3) is 0.462. The minimum Gasteiger partial charge on any atom is -0.396 e. The van der Waals surface area contributed by atoms with Crippen LogP contribution in [0.5, 0.6) is 0 Å². The van der Waals surface area contributed by atoms with Crippen molar-refractivity contribution < 1.29 is 13.6 Å². The van der Waals surface area contributed by atoms with Gasteiger partial charge < -0.3 is 11.1 Å². The number of hydrogen-bond acceptors (Lipinski definition) is 3. The third kappa shape index (κ3) is 3.00. The number of nitrogen functional groups attached to an aromatic ring is 1. The SMILES string of the molecule is CC1(CNC(=O)c2c(F)ccc(N)c2F)CCCS1. The molecule has 0 aliphatic carbocycles. The van der Waals surface area contributed by atoms with Crippen molar-refractivity contribution in [3.8, 4) is 0 Å². The van der Waals surface area contributed by atoms with Crippen LogP contribution >= 0.6 is 11.8 Å². The molecule has 1 aromatic rings. The van der Waals surface area contributed by atoms with E-state index in [0.29, 0.717) is 6.54 Å². The first-order chi connectivity index (χ1) is 8.93. The summed E-state index contributed by atoms with van der Waals surface area (Å²) < 4.78 is 27.1. The summed E-state index contributed by atoms with van der Waals surface area (Å²) in [7, 11) is 0. The number of anilines is 1. The Kier molecular flexibility index (Phi) is 3.99. The van der Waals surface area contributed by atoms with E-state index in [-0.39, 0.29) is 10.4 Å². The van der Waals surface area contributed by atoms with Crippen LogP contribution in [0.25, 0.3) is 0 Å². The zero-order chi connectivity index (χ0) is 14.0. The van der Waals surface area contributed by atoms with Gasteiger partial charge in [-0.25, -0.2) is 8.78 Å². The quantitative estimate of drug-likeness (QED) is 0.840. The monoisotopic (exact) mass is 286 g/mol. The van der Waals surface area contributed by atoms with Crippen molar-refractivity contribution in [2.24, 2.45) is 0 Å². The number of hydrogen-bond donors (Lipinski definition) is 2. The molecular formula is C13H16F2N2OS. The van der Waals surface area contributed by atoms with Crippen LogP contribution in [0.2, 0.25) is 0 Å². The highest BCUT2D eigenvalue weighted by molar-refractivity contribution is 8.00. The van der Waals surface area contributed by atoms with Gasteiger partial charge in [0.15, 0.2) is 5.82 Å². The molecule has 104 valence electrons. The van der Waals surface area contributed by atoms with Crippen LogP contribution in [-0.4, -0.2) is 23.0 Å². The molecule has 6 heteroatoms. The van der Waals surface area contributed by atoms with E-state index >= 15 is 0 Å². The van der Waals surface area contributed by atoms with E-state index in [2.05, 4.69) is 5.32 Å². The molecule has 0 saturated carbocycles. The van der Waals surface area contributed by atoms with Gasteiger partial charge in [0.2, 0.25) is 0 Å².